The Hall–Kier alpha value is -1.61. The van der Waals surface area contributed by atoms with Crippen LogP contribution in [0.1, 0.15) is 6.42 Å². The number of nitrogens with one attached hydrogen (secondary N) is 2. The lowest BCUT2D eigenvalue weighted by molar-refractivity contribution is -0.139. The number of ether oxygens (including phenoxy) is 1. The lowest BCUT2D eigenvalue weighted by Gasteiger charge is -2.08. The maximum atomic E-state index is 11.1. The third-order valence-electron chi connectivity index (χ3n) is 2.11. The zero-order valence-corrected chi connectivity index (χ0v) is 8.28. The summed E-state index contributed by atoms with van der Waals surface area (Å²) in [6.07, 6.45) is 0.903. The second-order valence-corrected chi connectivity index (χ2v) is 3.28. The number of amides is 2. The van der Waals surface area contributed by atoms with E-state index in [1.807, 2.05) is 0 Å². The Balaban J connectivity index is 2.17. The van der Waals surface area contributed by atoms with Crippen LogP contribution in [0, 0.1) is 17.2 Å². The number of nitriles is 1. The van der Waals surface area contributed by atoms with Crippen molar-refractivity contribution in [3.05, 3.63) is 0 Å². The van der Waals surface area contributed by atoms with Gasteiger partial charge in [0.05, 0.1) is 12.7 Å². The number of nitrogens with zero attached hydrogens (tertiary/aromatic N) is 1. The van der Waals surface area contributed by atoms with Gasteiger partial charge >= 0.3 is 11.8 Å². The Bertz CT molecular complexity index is 279. The molecule has 1 fully saturated rings. The molecule has 0 radical (unpaired) electrons. The molecule has 2 amide bonds. The average molecular weight is 211 g/mol. The lowest BCUT2D eigenvalue weighted by atomic mass is 10.1. The van der Waals surface area contributed by atoms with Crippen LogP contribution in [0.25, 0.3) is 0 Å². The van der Waals surface area contributed by atoms with E-state index in [9.17, 15) is 9.59 Å². The van der Waals surface area contributed by atoms with Crippen molar-refractivity contribution in [1.82, 2.24) is 10.6 Å². The molecule has 0 saturated carbocycles. The molecular formula is C9H13N3O3. The SMILES string of the molecule is N#CCNC(=O)C(=O)NCC1CCOC1. The molecule has 0 spiro atoms. The van der Waals surface area contributed by atoms with Crippen LogP contribution >= 0.6 is 0 Å². The number of carbonyl (C=O) groups is 2. The summed E-state index contributed by atoms with van der Waals surface area (Å²) in [4.78, 5) is 22.1. The molecule has 15 heavy (non-hydrogen) atoms. The highest BCUT2D eigenvalue weighted by molar-refractivity contribution is 6.35. The molecule has 0 aromatic carbocycles. The van der Waals surface area contributed by atoms with E-state index in [0.717, 1.165) is 6.42 Å². The molecule has 0 bridgehead atoms. The summed E-state index contributed by atoms with van der Waals surface area (Å²) in [6, 6.07) is 1.72. The van der Waals surface area contributed by atoms with Crippen LogP contribution < -0.4 is 10.6 Å². The van der Waals surface area contributed by atoms with Gasteiger partial charge in [0.2, 0.25) is 0 Å². The van der Waals surface area contributed by atoms with Crippen molar-refractivity contribution < 1.29 is 14.3 Å². The van der Waals surface area contributed by atoms with E-state index >= 15 is 0 Å². The molecule has 1 heterocycles. The van der Waals surface area contributed by atoms with E-state index in [2.05, 4.69) is 10.6 Å². The van der Waals surface area contributed by atoms with Gasteiger partial charge < -0.3 is 15.4 Å². The molecule has 1 aliphatic rings. The van der Waals surface area contributed by atoms with Gasteiger partial charge in [0.25, 0.3) is 0 Å². The van der Waals surface area contributed by atoms with Gasteiger partial charge in [-0.25, -0.2) is 0 Å². The average Bonchev–Trinajstić information content (AvgIpc) is 2.75. The minimum atomic E-state index is -0.768. The van der Waals surface area contributed by atoms with E-state index < -0.39 is 11.8 Å². The smallest absolute Gasteiger partial charge is 0.310 e. The third kappa shape index (κ3) is 3.95. The van der Waals surface area contributed by atoms with Gasteiger partial charge in [-0.15, -0.1) is 0 Å². The Morgan fingerprint density at radius 3 is 2.73 bits per heavy atom. The quantitative estimate of drug-likeness (QED) is 0.452. The Morgan fingerprint density at radius 2 is 2.13 bits per heavy atom. The standard InChI is InChI=1S/C9H13N3O3/c10-2-3-11-8(13)9(14)12-5-7-1-4-15-6-7/h7H,1,3-6H2,(H,11,13)(H,12,14). The number of carbonyl (C=O) groups excluding carboxylic acids is 2. The van der Waals surface area contributed by atoms with Crippen molar-refractivity contribution in [1.29, 1.82) is 5.26 Å². The van der Waals surface area contributed by atoms with Crippen LogP contribution in [0.4, 0.5) is 0 Å². The van der Waals surface area contributed by atoms with Crippen LogP contribution in [-0.2, 0) is 14.3 Å². The Labute approximate surface area is 87.6 Å². The molecule has 0 aliphatic carbocycles. The van der Waals surface area contributed by atoms with Crippen molar-refractivity contribution in [3.8, 4) is 6.07 Å². The molecule has 1 rings (SSSR count). The Morgan fingerprint density at radius 1 is 1.40 bits per heavy atom. The largest absolute Gasteiger partial charge is 0.381 e. The van der Waals surface area contributed by atoms with Crippen LogP contribution in [0.5, 0.6) is 0 Å². The normalized spacial score (nSPS) is 19.3. The molecular weight excluding hydrogens is 198 g/mol. The first-order valence-corrected chi connectivity index (χ1v) is 4.74. The molecule has 2 N–H and O–H groups in total. The summed E-state index contributed by atoms with van der Waals surface area (Å²) in [5, 5.41) is 12.8. The van der Waals surface area contributed by atoms with Crippen molar-refractivity contribution in [2.75, 3.05) is 26.3 Å². The van der Waals surface area contributed by atoms with Gasteiger partial charge in [-0.2, -0.15) is 5.26 Å². The summed E-state index contributed by atoms with van der Waals surface area (Å²) in [7, 11) is 0. The second-order valence-electron chi connectivity index (χ2n) is 3.28. The van der Waals surface area contributed by atoms with Gasteiger partial charge in [-0.3, -0.25) is 9.59 Å². The van der Waals surface area contributed by atoms with Gasteiger partial charge in [-0.1, -0.05) is 0 Å². The summed E-state index contributed by atoms with van der Waals surface area (Å²) >= 11 is 0. The fourth-order valence-electron chi connectivity index (χ4n) is 1.26. The zero-order chi connectivity index (χ0) is 11.1. The monoisotopic (exact) mass is 211 g/mol. The molecule has 0 aromatic rings. The van der Waals surface area contributed by atoms with Crippen LogP contribution in [-0.4, -0.2) is 38.1 Å². The first-order valence-electron chi connectivity index (χ1n) is 4.74. The molecule has 1 unspecified atom stereocenters. The lowest BCUT2D eigenvalue weighted by Crippen LogP contribution is -2.41. The highest BCUT2D eigenvalue weighted by Crippen LogP contribution is 2.10. The minimum absolute atomic E-state index is 0.154. The molecule has 1 atom stereocenters. The maximum absolute atomic E-state index is 11.1. The van der Waals surface area contributed by atoms with E-state index in [1.165, 1.54) is 0 Å². The van der Waals surface area contributed by atoms with Gasteiger partial charge in [0.15, 0.2) is 0 Å². The van der Waals surface area contributed by atoms with E-state index in [0.29, 0.717) is 19.8 Å². The third-order valence-corrected chi connectivity index (χ3v) is 2.11. The second kappa shape index (κ2) is 5.98. The predicted octanol–water partition coefficient (Wildman–Crippen LogP) is -1.22. The minimum Gasteiger partial charge on any atom is -0.381 e. The molecule has 82 valence electrons. The summed E-state index contributed by atoms with van der Waals surface area (Å²) < 4.78 is 5.12. The summed E-state index contributed by atoms with van der Waals surface area (Å²) in [6.45, 7) is 1.62. The van der Waals surface area contributed by atoms with Crippen molar-refractivity contribution in [2.24, 2.45) is 5.92 Å². The van der Waals surface area contributed by atoms with Gasteiger partial charge in [0, 0.05) is 19.1 Å². The number of rotatable bonds is 3. The summed E-state index contributed by atoms with van der Waals surface area (Å²) in [5.74, 6) is -1.18. The van der Waals surface area contributed by atoms with Crippen LogP contribution in [0.15, 0.2) is 0 Å². The first-order chi connectivity index (χ1) is 7.24. The maximum Gasteiger partial charge on any atom is 0.310 e. The van der Waals surface area contributed by atoms with Gasteiger partial charge in [-0.05, 0) is 6.42 Å². The fourth-order valence-corrected chi connectivity index (χ4v) is 1.26. The molecule has 1 aliphatic heterocycles. The molecule has 1 saturated heterocycles. The number of hydrogen-bond donors (Lipinski definition) is 2. The van der Waals surface area contributed by atoms with Gasteiger partial charge in [0.1, 0.15) is 6.54 Å². The Kier molecular flexibility index (Phi) is 4.57. The van der Waals surface area contributed by atoms with E-state index in [4.69, 9.17) is 10.00 Å². The number of hydrogen-bond acceptors (Lipinski definition) is 4. The molecule has 6 heteroatoms. The zero-order valence-electron chi connectivity index (χ0n) is 8.28. The topological polar surface area (TPSA) is 91.2 Å². The van der Waals surface area contributed by atoms with Crippen LogP contribution in [0.2, 0.25) is 0 Å². The summed E-state index contributed by atoms with van der Waals surface area (Å²) in [5.41, 5.74) is 0. The highest BCUT2D eigenvalue weighted by Gasteiger charge is 2.18. The van der Waals surface area contributed by atoms with E-state index in [-0.39, 0.29) is 12.5 Å². The van der Waals surface area contributed by atoms with Crippen molar-refractivity contribution in [2.45, 2.75) is 6.42 Å². The molecule has 0 aromatic heterocycles. The fraction of sp³-hybridized carbons (Fsp3) is 0.667. The van der Waals surface area contributed by atoms with Crippen molar-refractivity contribution >= 4 is 11.8 Å². The van der Waals surface area contributed by atoms with Crippen LogP contribution in [0.3, 0.4) is 0 Å². The first kappa shape index (κ1) is 11.5. The predicted molar refractivity (Wildman–Crippen MR) is 50.6 cm³/mol. The highest BCUT2D eigenvalue weighted by atomic mass is 16.5. The van der Waals surface area contributed by atoms with E-state index in [1.54, 1.807) is 6.07 Å². The van der Waals surface area contributed by atoms with Crippen molar-refractivity contribution in [3.63, 3.8) is 0 Å². The molecule has 6 nitrogen and oxygen atoms in total.